The molecule has 1 amide bonds. The van der Waals surface area contributed by atoms with Gasteiger partial charge in [0, 0.05) is 18.2 Å². The van der Waals surface area contributed by atoms with Gasteiger partial charge in [-0.2, -0.15) is 0 Å². The fraction of sp³-hybridized carbons (Fsp3) is 0.500. The van der Waals surface area contributed by atoms with Crippen molar-refractivity contribution in [2.75, 3.05) is 18.5 Å². The molecule has 2 N–H and O–H groups in total. The van der Waals surface area contributed by atoms with Gasteiger partial charge < -0.3 is 10.6 Å². The van der Waals surface area contributed by atoms with Gasteiger partial charge in [-0.05, 0) is 31.5 Å². The normalized spacial score (nSPS) is 11.4. The van der Waals surface area contributed by atoms with Crippen LogP contribution in [0.15, 0.2) is 24.3 Å². The van der Waals surface area contributed by atoms with E-state index >= 15 is 0 Å². The molecule has 0 unspecified atom stereocenters. The average molecular weight is 234 g/mol. The maximum Gasteiger partial charge on any atom is 0.232 e. The number of nitrogens with two attached hydrogens (primary N) is 1. The Morgan fingerprint density at radius 3 is 2.47 bits per heavy atom. The molecule has 0 spiro atoms. The van der Waals surface area contributed by atoms with E-state index in [0.29, 0.717) is 13.0 Å². The van der Waals surface area contributed by atoms with E-state index in [2.05, 4.69) is 0 Å². The summed E-state index contributed by atoms with van der Waals surface area (Å²) >= 11 is 0. The maximum absolute atomic E-state index is 12.4. The zero-order valence-electron chi connectivity index (χ0n) is 11.2. The van der Waals surface area contributed by atoms with Crippen molar-refractivity contribution in [2.45, 2.75) is 27.2 Å². The van der Waals surface area contributed by atoms with E-state index in [4.69, 9.17) is 5.73 Å². The van der Waals surface area contributed by atoms with Crippen molar-refractivity contribution >= 4 is 11.6 Å². The molecule has 0 radical (unpaired) electrons. The zero-order valence-corrected chi connectivity index (χ0v) is 11.2. The Labute approximate surface area is 104 Å². The number of hydrogen-bond donors (Lipinski definition) is 1. The van der Waals surface area contributed by atoms with Gasteiger partial charge in [-0.1, -0.05) is 32.0 Å². The third-order valence-corrected chi connectivity index (χ3v) is 3.13. The minimum absolute atomic E-state index is 0.109. The lowest BCUT2D eigenvalue weighted by Crippen LogP contribution is -2.40. The first-order valence-electron chi connectivity index (χ1n) is 5.94. The number of benzene rings is 1. The molecule has 0 aliphatic carbocycles. The predicted octanol–water partition coefficient (Wildman–Crippen LogP) is 2.33. The first-order valence-corrected chi connectivity index (χ1v) is 5.94. The van der Waals surface area contributed by atoms with Crippen LogP contribution in [0.4, 0.5) is 5.69 Å². The maximum atomic E-state index is 12.4. The Balaban J connectivity index is 2.94. The fourth-order valence-electron chi connectivity index (χ4n) is 1.97. The minimum atomic E-state index is -0.411. The molecule has 17 heavy (non-hydrogen) atoms. The summed E-state index contributed by atoms with van der Waals surface area (Å²) in [4.78, 5) is 14.1. The first-order chi connectivity index (χ1) is 7.90. The summed E-state index contributed by atoms with van der Waals surface area (Å²) in [5.74, 6) is 0.109. The van der Waals surface area contributed by atoms with E-state index in [-0.39, 0.29) is 5.91 Å². The topological polar surface area (TPSA) is 46.3 Å². The summed E-state index contributed by atoms with van der Waals surface area (Å²) < 4.78 is 0. The second-order valence-electron chi connectivity index (χ2n) is 5.07. The van der Waals surface area contributed by atoms with Crippen LogP contribution in [0.25, 0.3) is 0 Å². The number of carbonyl (C=O) groups is 1. The molecule has 3 heteroatoms. The number of nitrogens with zero attached hydrogens (tertiary/aromatic N) is 1. The molecule has 1 aromatic carbocycles. The van der Waals surface area contributed by atoms with E-state index in [1.807, 2.05) is 52.1 Å². The van der Waals surface area contributed by atoms with Gasteiger partial charge in [-0.15, -0.1) is 0 Å². The lowest BCUT2D eigenvalue weighted by atomic mass is 9.87. The van der Waals surface area contributed by atoms with Crippen molar-refractivity contribution in [2.24, 2.45) is 11.1 Å². The SMILES string of the molecule is Cc1ccccc1N(C)C(=O)C(C)(C)CCN. The first kappa shape index (κ1) is 13.7. The minimum Gasteiger partial charge on any atom is -0.330 e. The summed E-state index contributed by atoms with van der Waals surface area (Å²) in [6, 6.07) is 7.89. The number of aryl methyl sites for hydroxylation is 1. The second-order valence-corrected chi connectivity index (χ2v) is 5.07. The lowest BCUT2D eigenvalue weighted by molar-refractivity contribution is -0.126. The van der Waals surface area contributed by atoms with Gasteiger partial charge in [0.1, 0.15) is 0 Å². The quantitative estimate of drug-likeness (QED) is 0.869. The van der Waals surface area contributed by atoms with Gasteiger partial charge in [-0.3, -0.25) is 4.79 Å². The van der Waals surface area contributed by atoms with E-state index in [1.165, 1.54) is 0 Å². The average Bonchev–Trinajstić information content (AvgIpc) is 2.27. The van der Waals surface area contributed by atoms with Gasteiger partial charge in [0.25, 0.3) is 0 Å². The third kappa shape index (κ3) is 3.07. The molecule has 0 saturated heterocycles. The number of amides is 1. The van der Waals surface area contributed by atoms with Gasteiger partial charge >= 0.3 is 0 Å². The number of anilines is 1. The van der Waals surface area contributed by atoms with Crippen LogP contribution in [0.1, 0.15) is 25.8 Å². The van der Waals surface area contributed by atoms with E-state index in [9.17, 15) is 4.79 Å². The molecule has 0 heterocycles. The van der Waals surface area contributed by atoms with Crippen molar-refractivity contribution in [3.63, 3.8) is 0 Å². The van der Waals surface area contributed by atoms with Crippen molar-refractivity contribution in [1.82, 2.24) is 0 Å². The molecule has 0 atom stereocenters. The number of rotatable bonds is 4. The zero-order chi connectivity index (χ0) is 13.1. The van der Waals surface area contributed by atoms with E-state index in [0.717, 1.165) is 11.3 Å². The third-order valence-electron chi connectivity index (χ3n) is 3.13. The van der Waals surface area contributed by atoms with E-state index < -0.39 is 5.41 Å². The van der Waals surface area contributed by atoms with Crippen LogP contribution in [0.3, 0.4) is 0 Å². The highest BCUT2D eigenvalue weighted by atomic mass is 16.2. The van der Waals surface area contributed by atoms with Crippen molar-refractivity contribution in [3.05, 3.63) is 29.8 Å². The molecule has 0 aliphatic rings. The highest BCUT2D eigenvalue weighted by molar-refractivity contribution is 5.97. The summed E-state index contributed by atoms with van der Waals surface area (Å²) in [7, 11) is 1.82. The van der Waals surface area contributed by atoms with Crippen LogP contribution in [0.5, 0.6) is 0 Å². The molecule has 1 aromatic rings. The molecule has 0 aliphatic heterocycles. The number of para-hydroxylation sites is 1. The smallest absolute Gasteiger partial charge is 0.232 e. The summed E-state index contributed by atoms with van der Waals surface area (Å²) in [6.45, 7) is 6.42. The largest absolute Gasteiger partial charge is 0.330 e. The van der Waals surface area contributed by atoms with Crippen molar-refractivity contribution in [1.29, 1.82) is 0 Å². The van der Waals surface area contributed by atoms with E-state index in [1.54, 1.807) is 4.90 Å². The molecular weight excluding hydrogens is 212 g/mol. The Bertz CT molecular complexity index is 399. The molecule has 0 saturated carbocycles. The van der Waals surface area contributed by atoms with Gasteiger partial charge in [-0.25, -0.2) is 0 Å². The molecule has 0 fully saturated rings. The van der Waals surface area contributed by atoms with Gasteiger partial charge in [0.2, 0.25) is 5.91 Å². The van der Waals surface area contributed by atoms with Crippen LogP contribution in [-0.2, 0) is 4.79 Å². The monoisotopic (exact) mass is 234 g/mol. The van der Waals surface area contributed by atoms with Crippen LogP contribution >= 0.6 is 0 Å². The second kappa shape index (κ2) is 5.32. The van der Waals surface area contributed by atoms with Gasteiger partial charge in [0.15, 0.2) is 0 Å². The highest BCUT2D eigenvalue weighted by Crippen LogP contribution is 2.27. The molecule has 0 aromatic heterocycles. The number of hydrogen-bond acceptors (Lipinski definition) is 2. The molecule has 3 nitrogen and oxygen atoms in total. The standard InChI is InChI=1S/C14H22N2O/c1-11-7-5-6-8-12(11)16(4)13(17)14(2,3)9-10-15/h5-8H,9-10,15H2,1-4H3. The lowest BCUT2D eigenvalue weighted by Gasteiger charge is -2.29. The molecule has 94 valence electrons. The summed E-state index contributed by atoms with van der Waals surface area (Å²) in [6.07, 6.45) is 0.696. The summed E-state index contributed by atoms with van der Waals surface area (Å²) in [5.41, 5.74) is 7.20. The number of carbonyl (C=O) groups excluding carboxylic acids is 1. The van der Waals surface area contributed by atoms with Gasteiger partial charge in [0.05, 0.1) is 0 Å². The molecule has 1 rings (SSSR count). The highest BCUT2D eigenvalue weighted by Gasteiger charge is 2.30. The Morgan fingerprint density at radius 1 is 1.35 bits per heavy atom. The predicted molar refractivity (Wildman–Crippen MR) is 72.0 cm³/mol. The van der Waals surface area contributed by atoms with Crippen molar-refractivity contribution < 1.29 is 4.79 Å². The Hall–Kier alpha value is -1.35. The van der Waals surface area contributed by atoms with Crippen LogP contribution in [-0.4, -0.2) is 19.5 Å². The van der Waals surface area contributed by atoms with Crippen LogP contribution in [0, 0.1) is 12.3 Å². The fourth-order valence-corrected chi connectivity index (χ4v) is 1.97. The van der Waals surface area contributed by atoms with Crippen molar-refractivity contribution in [3.8, 4) is 0 Å². The van der Waals surface area contributed by atoms with Crippen LogP contribution in [0.2, 0.25) is 0 Å². The molecular formula is C14H22N2O. The van der Waals surface area contributed by atoms with Crippen LogP contribution < -0.4 is 10.6 Å². The Morgan fingerprint density at radius 2 is 1.94 bits per heavy atom. The Kier molecular flexibility index (Phi) is 4.29. The summed E-state index contributed by atoms with van der Waals surface area (Å²) in [5, 5.41) is 0. The molecule has 0 bridgehead atoms.